The summed E-state index contributed by atoms with van der Waals surface area (Å²) in [7, 11) is 0. The van der Waals surface area contributed by atoms with Crippen LogP contribution in [-0.4, -0.2) is 34.5 Å². The SMILES string of the molecule is CC(=O)OC1OC(C)(COC(=O)c2ccccc2)SC1(C)C. The first-order valence-corrected chi connectivity index (χ1v) is 7.81. The van der Waals surface area contributed by atoms with E-state index in [1.54, 1.807) is 24.3 Å². The highest BCUT2D eigenvalue weighted by atomic mass is 32.2. The molecule has 1 aliphatic heterocycles. The summed E-state index contributed by atoms with van der Waals surface area (Å²) in [5.41, 5.74) is 0.491. The average molecular weight is 324 g/mol. The number of rotatable bonds is 4. The minimum absolute atomic E-state index is 0.0760. The fourth-order valence-electron chi connectivity index (χ4n) is 2.23. The molecule has 1 aliphatic rings. The molecule has 2 unspecified atom stereocenters. The molecule has 0 amide bonds. The Morgan fingerprint density at radius 1 is 1.23 bits per heavy atom. The molecule has 0 spiro atoms. The van der Waals surface area contributed by atoms with Gasteiger partial charge in [-0.3, -0.25) is 4.79 Å². The molecule has 1 saturated heterocycles. The average Bonchev–Trinajstić information content (AvgIpc) is 2.66. The van der Waals surface area contributed by atoms with E-state index in [0.29, 0.717) is 5.56 Å². The second-order valence-corrected chi connectivity index (χ2v) is 7.96. The van der Waals surface area contributed by atoms with Crippen molar-refractivity contribution in [2.45, 2.75) is 43.7 Å². The maximum absolute atomic E-state index is 12.0. The van der Waals surface area contributed by atoms with Gasteiger partial charge in [0.1, 0.15) is 11.5 Å². The van der Waals surface area contributed by atoms with Crippen LogP contribution in [0.25, 0.3) is 0 Å². The topological polar surface area (TPSA) is 61.8 Å². The Hall–Kier alpha value is -1.53. The van der Waals surface area contributed by atoms with Crippen molar-refractivity contribution in [3.05, 3.63) is 35.9 Å². The van der Waals surface area contributed by atoms with E-state index in [4.69, 9.17) is 14.2 Å². The van der Waals surface area contributed by atoms with Gasteiger partial charge < -0.3 is 14.2 Å². The van der Waals surface area contributed by atoms with Gasteiger partial charge in [-0.05, 0) is 32.9 Å². The minimum Gasteiger partial charge on any atom is -0.458 e. The van der Waals surface area contributed by atoms with Gasteiger partial charge in [0.25, 0.3) is 0 Å². The lowest BCUT2D eigenvalue weighted by Crippen LogP contribution is -2.34. The van der Waals surface area contributed by atoms with Gasteiger partial charge in [0, 0.05) is 6.92 Å². The highest BCUT2D eigenvalue weighted by Gasteiger charge is 2.52. The van der Waals surface area contributed by atoms with Crippen molar-refractivity contribution in [3.8, 4) is 0 Å². The molecular formula is C16H20O5S. The van der Waals surface area contributed by atoms with Gasteiger partial charge in [0.2, 0.25) is 6.29 Å². The van der Waals surface area contributed by atoms with Gasteiger partial charge in [0.05, 0.1) is 10.3 Å². The Morgan fingerprint density at radius 3 is 2.45 bits per heavy atom. The quantitative estimate of drug-likeness (QED) is 0.794. The lowest BCUT2D eigenvalue weighted by molar-refractivity contribution is -0.193. The lowest BCUT2D eigenvalue weighted by Gasteiger charge is -2.22. The number of ether oxygens (including phenoxy) is 3. The van der Waals surface area contributed by atoms with E-state index in [1.807, 2.05) is 26.8 Å². The van der Waals surface area contributed by atoms with Crippen LogP contribution in [0.3, 0.4) is 0 Å². The third-order valence-corrected chi connectivity index (χ3v) is 4.52. The molecule has 2 rings (SSSR count). The summed E-state index contributed by atoms with van der Waals surface area (Å²) in [6.45, 7) is 7.09. The van der Waals surface area contributed by atoms with Crippen molar-refractivity contribution in [1.82, 2.24) is 0 Å². The van der Waals surface area contributed by atoms with Gasteiger partial charge in [-0.15, -0.1) is 11.8 Å². The molecule has 0 bridgehead atoms. The summed E-state index contributed by atoms with van der Waals surface area (Å²) in [6, 6.07) is 8.77. The van der Waals surface area contributed by atoms with Gasteiger partial charge in [-0.1, -0.05) is 18.2 Å². The van der Waals surface area contributed by atoms with Crippen LogP contribution in [0.2, 0.25) is 0 Å². The highest BCUT2D eigenvalue weighted by Crippen LogP contribution is 2.49. The zero-order valence-electron chi connectivity index (χ0n) is 13.1. The molecule has 0 aromatic heterocycles. The fourth-order valence-corrected chi connectivity index (χ4v) is 3.79. The van der Waals surface area contributed by atoms with Crippen molar-refractivity contribution < 1.29 is 23.8 Å². The number of hydrogen-bond donors (Lipinski definition) is 0. The van der Waals surface area contributed by atoms with Crippen LogP contribution in [0, 0.1) is 0 Å². The van der Waals surface area contributed by atoms with Crippen LogP contribution in [0.5, 0.6) is 0 Å². The smallest absolute Gasteiger partial charge is 0.338 e. The van der Waals surface area contributed by atoms with Crippen molar-refractivity contribution in [2.75, 3.05) is 6.61 Å². The van der Waals surface area contributed by atoms with E-state index in [1.165, 1.54) is 18.7 Å². The molecule has 0 aliphatic carbocycles. The summed E-state index contributed by atoms with van der Waals surface area (Å²) < 4.78 is 15.9. The van der Waals surface area contributed by atoms with Crippen LogP contribution < -0.4 is 0 Å². The number of carbonyl (C=O) groups excluding carboxylic acids is 2. The van der Waals surface area contributed by atoms with E-state index in [2.05, 4.69) is 0 Å². The standard InChI is InChI=1S/C16H20O5S/c1-11(17)20-14-15(2,3)22-16(4,21-14)10-19-13(18)12-8-6-5-7-9-12/h5-9,14H,10H2,1-4H3. The third kappa shape index (κ3) is 4.01. The maximum Gasteiger partial charge on any atom is 0.338 e. The molecule has 0 radical (unpaired) electrons. The number of carbonyl (C=O) groups is 2. The molecule has 5 nitrogen and oxygen atoms in total. The van der Waals surface area contributed by atoms with Crippen LogP contribution in [-0.2, 0) is 19.0 Å². The molecule has 120 valence electrons. The second kappa shape index (κ2) is 6.30. The monoisotopic (exact) mass is 324 g/mol. The zero-order valence-corrected chi connectivity index (χ0v) is 13.9. The van der Waals surface area contributed by atoms with Crippen molar-refractivity contribution in [2.24, 2.45) is 0 Å². The maximum atomic E-state index is 12.0. The van der Waals surface area contributed by atoms with E-state index < -0.39 is 27.9 Å². The van der Waals surface area contributed by atoms with Crippen molar-refractivity contribution >= 4 is 23.7 Å². The summed E-state index contributed by atoms with van der Waals surface area (Å²) in [5, 5.41) is 0. The number of hydrogen-bond acceptors (Lipinski definition) is 6. The first kappa shape index (κ1) is 16.8. The van der Waals surface area contributed by atoms with Crippen LogP contribution in [0.1, 0.15) is 38.1 Å². The van der Waals surface area contributed by atoms with Crippen LogP contribution in [0.15, 0.2) is 30.3 Å². The number of thioether (sulfide) groups is 1. The summed E-state index contributed by atoms with van der Waals surface area (Å²) in [4.78, 5) is 22.4. The first-order valence-electron chi connectivity index (χ1n) is 6.99. The fraction of sp³-hybridized carbons (Fsp3) is 0.500. The van der Waals surface area contributed by atoms with Gasteiger partial charge in [-0.2, -0.15) is 0 Å². The summed E-state index contributed by atoms with van der Waals surface area (Å²) >= 11 is 1.48. The molecule has 0 N–H and O–H groups in total. The highest BCUT2D eigenvalue weighted by molar-refractivity contribution is 8.02. The Labute approximate surface area is 134 Å². The van der Waals surface area contributed by atoms with Crippen molar-refractivity contribution in [1.29, 1.82) is 0 Å². The first-order chi connectivity index (χ1) is 10.2. The second-order valence-electron chi connectivity index (χ2n) is 5.84. The van der Waals surface area contributed by atoms with E-state index >= 15 is 0 Å². The Bertz CT molecular complexity index is 557. The van der Waals surface area contributed by atoms with Crippen LogP contribution in [0.4, 0.5) is 0 Å². The Balaban J connectivity index is 1.98. The summed E-state index contributed by atoms with van der Waals surface area (Å²) in [5.74, 6) is -0.802. The molecule has 0 saturated carbocycles. The molecule has 6 heteroatoms. The molecule has 2 atom stereocenters. The lowest BCUT2D eigenvalue weighted by atomic mass is 10.2. The van der Waals surface area contributed by atoms with Gasteiger partial charge in [-0.25, -0.2) is 4.79 Å². The predicted octanol–water partition coefficient (Wildman–Crippen LogP) is 2.99. The largest absolute Gasteiger partial charge is 0.458 e. The number of benzene rings is 1. The molecule has 1 fully saturated rings. The van der Waals surface area contributed by atoms with E-state index in [-0.39, 0.29) is 6.61 Å². The number of esters is 2. The normalized spacial score (nSPS) is 26.5. The van der Waals surface area contributed by atoms with Crippen LogP contribution >= 0.6 is 11.8 Å². The molecule has 1 aromatic rings. The van der Waals surface area contributed by atoms with E-state index in [9.17, 15) is 9.59 Å². The third-order valence-electron chi connectivity index (χ3n) is 3.15. The van der Waals surface area contributed by atoms with Gasteiger partial charge >= 0.3 is 11.9 Å². The Kier molecular flexibility index (Phi) is 4.82. The molecular weight excluding hydrogens is 304 g/mol. The summed E-state index contributed by atoms with van der Waals surface area (Å²) in [6.07, 6.45) is -0.671. The van der Waals surface area contributed by atoms with E-state index in [0.717, 1.165) is 0 Å². The van der Waals surface area contributed by atoms with Crippen molar-refractivity contribution in [3.63, 3.8) is 0 Å². The van der Waals surface area contributed by atoms with Gasteiger partial charge in [0.15, 0.2) is 0 Å². The molecule has 1 heterocycles. The minimum atomic E-state index is -0.756. The predicted molar refractivity (Wildman–Crippen MR) is 83.4 cm³/mol. The Morgan fingerprint density at radius 2 is 1.86 bits per heavy atom. The zero-order chi connectivity index (χ0) is 16.4. The molecule has 1 aromatic carbocycles. The molecule has 22 heavy (non-hydrogen) atoms.